The van der Waals surface area contributed by atoms with Crippen LogP contribution in [-0.2, 0) is 6.42 Å². The summed E-state index contributed by atoms with van der Waals surface area (Å²) >= 11 is 7.82. The predicted molar refractivity (Wildman–Crippen MR) is 90.5 cm³/mol. The van der Waals surface area contributed by atoms with Crippen molar-refractivity contribution in [3.63, 3.8) is 0 Å². The maximum atomic E-state index is 12.3. The molecule has 2 nitrogen and oxygen atoms in total. The van der Waals surface area contributed by atoms with Crippen molar-refractivity contribution in [1.29, 1.82) is 0 Å². The molecule has 1 unspecified atom stereocenters. The van der Waals surface area contributed by atoms with Gasteiger partial charge in [0.05, 0.1) is 11.4 Å². The quantitative estimate of drug-likeness (QED) is 0.709. The molecule has 0 aliphatic carbocycles. The Hall–Kier alpha value is -1.16. The van der Waals surface area contributed by atoms with Crippen molar-refractivity contribution in [2.45, 2.75) is 26.3 Å². The first kappa shape index (κ1) is 16.2. The van der Waals surface area contributed by atoms with E-state index in [0.29, 0.717) is 6.54 Å². The number of hydrogen-bond acceptors (Lipinski definition) is 3. The van der Waals surface area contributed by atoms with Crippen LogP contribution in [0.3, 0.4) is 0 Å². The first-order valence-corrected chi connectivity index (χ1v) is 8.29. The van der Waals surface area contributed by atoms with Crippen LogP contribution < -0.4 is 0 Å². The Balaban J connectivity index is 2.05. The van der Waals surface area contributed by atoms with E-state index in [2.05, 4.69) is 13.8 Å². The topological polar surface area (TPSA) is 20.3 Å². The van der Waals surface area contributed by atoms with Gasteiger partial charge < -0.3 is 0 Å². The number of aryl methyl sites for hydroxylation is 1. The van der Waals surface area contributed by atoms with Crippen molar-refractivity contribution in [2.24, 2.45) is 0 Å². The molecule has 0 fully saturated rings. The van der Waals surface area contributed by atoms with Crippen LogP contribution in [0.4, 0.5) is 0 Å². The molecule has 0 amide bonds. The maximum absolute atomic E-state index is 12.3. The Morgan fingerprint density at radius 3 is 2.62 bits per heavy atom. The molecule has 1 heterocycles. The molecule has 112 valence electrons. The van der Waals surface area contributed by atoms with Gasteiger partial charge >= 0.3 is 0 Å². The molecule has 1 atom stereocenters. The molecule has 2 rings (SSSR count). The minimum atomic E-state index is 0.105. The number of likely N-dealkylation sites (N-methyl/N-ethyl adjacent to an activating group) is 1. The number of benzene rings is 1. The highest BCUT2D eigenvalue weighted by Gasteiger charge is 2.18. The van der Waals surface area contributed by atoms with Gasteiger partial charge in [-0.25, -0.2) is 0 Å². The first-order chi connectivity index (χ1) is 10.0. The Bertz CT molecular complexity index is 623. The molecule has 4 heteroatoms. The minimum Gasteiger partial charge on any atom is -0.292 e. The molecule has 1 aromatic heterocycles. The Morgan fingerprint density at radius 1 is 1.29 bits per heavy atom. The summed E-state index contributed by atoms with van der Waals surface area (Å²) in [5.41, 5.74) is 1.05. The average molecular weight is 322 g/mol. The van der Waals surface area contributed by atoms with Gasteiger partial charge in [0.2, 0.25) is 0 Å². The number of thiophene rings is 1. The SMILES string of the molecule is CCc1ccc(C(=O)CN(C)C(C)c2ccccc2Cl)s1. The van der Waals surface area contributed by atoms with Crippen LogP contribution in [0.25, 0.3) is 0 Å². The number of carbonyl (C=O) groups is 1. The summed E-state index contributed by atoms with van der Waals surface area (Å²) in [6, 6.07) is 11.9. The van der Waals surface area contributed by atoms with Gasteiger partial charge in [0.1, 0.15) is 0 Å². The van der Waals surface area contributed by atoms with Gasteiger partial charge in [0.25, 0.3) is 0 Å². The van der Waals surface area contributed by atoms with Crippen LogP contribution in [0.2, 0.25) is 5.02 Å². The Kier molecular flexibility index (Phi) is 5.57. The first-order valence-electron chi connectivity index (χ1n) is 7.09. The number of nitrogens with zero attached hydrogens (tertiary/aromatic N) is 1. The molecule has 21 heavy (non-hydrogen) atoms. The lowest BCUT2D eigenvalue weighted by atomic mass is 10.1. The van der Waals surface area contributed by atoms with E-state index >= 15 is 0 Å². The molecule has 0 saturated heterocycles. The molecule has 0 aliphatic rings. The molecule has 0 radical (unpaired) electrons. The van der Waals surface area contributed by atoms with Gasteiger partial charge in [-0.05, 0) is 44.2 Å². The van der Waals surface area contributed by atoms with E-state index in [1.807, 2.05) is 48.3 Å². The summed E-state index contributed by atoms with van der Waals surface area (Å²) in [5, 5.41) is 0.744. The molecule has 0 bridgehead atoms. The zero-order valence-corrected chi connectivity index (χ0v) is 14.2. The van der Waals surface area contributed by atoms with Crippen molar-refractivity contribution in [3.8, 4) is 0 Å². The number of halogens is 1. The van der Waals surface area contributed by atoms with Gasteiger partial charge in [-0.2, -0.15) is 0 Å². The third kappa shape index (κ3) is 3.94. The smallest absolute Gasteiger partial charge is 0.186 e. The largest absolute Gasteiger partial charge is 0.292 e. The summed E-state index contributed by atoms with van der Waals surface area (Å²) in [5.74, 6) is 0.168. The molecule has 0 saturated carbocycles. The van der Waals surface area contributed by atoms with Crippen molar-refractivity contribution in [3.05, 3.63) is 56.7 Å². The van der Waals surface area contributed by atoms with E-state index in [1.165, 1.54) is 4.88 Å². The Labute approximate surface area is 135 Å². The van der Waals surface area contributed by atoms with E-state index in [4.69, 9.17) is 11.6 Å². The second-order valence-electron chi connectivity index (χ2n) is 5.16. The molecule has 1 aromatic carbocycles. The van der Waals surface area contributed by atoms with Gasteiger partial charge in [0.15, 0.2) is 5.78 Å². The summed E-state index contributed by atoms with van der Waals surface area (Å²) in [4.78, 5) is 16.5. The van der Waals surface area contributed by atoms with E-state index in [9.17, 15) is 4.79 Å². The summed E-state index contributed by atoms with van der Waals surface area (Å²) in [7, 11) is 1.96. The maximum Gasteiger partial charge on any atom is 0.186 e. The zero-order valence-electron chi connectivity index (χ0n) is 12.6. The lowest BCUT2D eigenvalue weighted by molar-refractivity contribution is 0.0929. The summed E-state index contributed by atoms with van der Waals surface area (Å²) < 4.78 is 0. The van der Waals surface area contributed by atoms with Crippen molar-refractivity contribution in [1.82, 2.24) is 4.90 Å². The standard InChI is InChI=1S/C17H20ClNOS/c1-4-13-9-10-17(21-13)16(20)11-19(3)12(2)14-7-5-6-8-15(14)18/h5-10,12H,4,11H2,1-3H3. The average Bonchev–Trinajstić information content (AvgIpc) is 2.96. The van der Waals surface area contributed by atoms with Crippen LogP contribution in [0.1, 0.15) is 40.0 Å². The molecule has 2 aromatic rings. The second kappa shape index (κ2) is 7.21. The van der Waals surface area contributed by atoms with Crippen LogP contribution in [-0.4, -0.2) is 24.3 Å². The fraction of sp³-hybridized carbons (Fsp3) is 0.353. The van der Waals surface area contributed by atoms with Gasteiger partial charge in [0, 0.05) is 15.9 Å². The molecule has 0 aliphatic heterocycles. The molecule has 0 spiro atoms. The fourth-order valence-corrected chi connectivity index (χ4v) is 3.38. The van der Waals surface area contributed by atoms with Crippen LogP contribution in [0, 0.1) is 0 Å². The second-order valence-corrected chi connectivity index (χ2v) is 6.73. The third-order valence-corrected chi connectivity index (χ3v) is 5.31. The van der Waals surface area contributed by atoms with E-state index in [0.717, 1.165) is 21.9 Å². The number of ketones is 1. The van der Waals surface area contributed by atoms with Crippen LogP contribution in [0.15, 0.2) is 36.4 Å². The van der Waals surface area contributed by atoms with E-state index in [1.54, 1.807) is 11.3 Å². The lowest BCUT2D eigenvalue weighted by Crippen LogP contribution is -2.28. The van der Waals surface area contributed by atoms with Crippen LogP contribution in [0.5, 0.6) is 0 Å². The fourth-order valence-electron chi connectivity index (χ4n) is 2.21. The Morgan fingerprint density at radius 2 is 2.00 bits per heavy atom. The van der Waals surface area contributed by atoms with Gasteiger partial charge in [-0.3, -0.25) is 9.69 Å². The van der Waals surface area contributed by atoms with Gasteiger partial charge in [-0.15, -0.1) is 11.3 Å². The highest BCUT2D eigenvalue weighted by molar-refractivity contribution is 7.14. The number of hydrogen-bond donors (Lipinski definition) is 0. The number of Topliss-reactive ketones (excluding diaryl/α,β-unsaturated/α-hetero) is 1. The number of carbonyl (C=O) groups excluding carboxylic acids is 1. The van der Waals surface area contributed by atoms with Crippen molar-refractivity contribution < 1.29 is 4.79 Å². The normalized spacial score (nSPS) is 12.6. The zero-order chi connectivity index (χ0) is 15.4. The molecular formula is C17H20ClNOS. The third-order valence-electron chi connectivity index (χ3n) is 3.69. The monoisotopic (exact) mass is 321 g/mol. The minimum absolute atomic E-state index is 0.105. The van der Waals surface area contributed by atoms with Crippen LogP contribution >= 0.6 is 22.9 Å². The summed E-state index contributed by atoms with van der Waals surface area (Å²) in [6.45, 7) is 4.57. The van der Waals surface area contributed by atoms with E-state index < -0.39 is 0 Å². The highest BCUT2D eigenvalue weighted by atomic mass is 35.5. The van der Waals surface area contributed by atoms with Gasteiger partial charge in [-0.1, -0.05) is 36.7 Å². The van der Waals surface area contributed by atoms with E-state index in [-0.39, 0.29) is 11.8 Å². The van der Waals surface area contributed by atoms with Crippen molar-refractivity contribution >= 4 is 28.7 Å². The molecular weight excluding hydrogens is 302 g/mol. The summed E-state index contributed by atoms with van der Waals surface area (Å²) in [6.07, 6.45) is 0.976. The lowest BCUT2D eigenvalue weighted by Gasteiger charge is -2.24. The number of rotatable bonds is 6. The molecule has 0 N–H and O–H groups in total. The predicted octanol–water partition coefficient (Wildman–Crippen LogP) is 4.84. The van der Waals surface area contributed by atoms with Crippen molar-refractivity contribution in [2.75, 3.05) is 13.6 Å². The highest BCUT2D eigenvalue weighted by Crippen LogP contribution is 2.26.